The first-order valence-corrected chi connectivity index (χ1v) is 24.1. The van der Waals surface area contributed by atoms with E-state index in [1.165, 1.54) is 100 Å². The van der Waals surface area contributed by atoms with Gasteiger partial charge in [0.2, 0.25) is 0 Å². The molecule has 0 radical (unpaired) electrons. The second-order valence-electron chi connectivity index (χ2n) is 23.1. The highest BCUT2D eigenvalue weighted by Gasteiger charge is 2.39. The molecule has 0 aromatic heterocycles. The van der Waals surface area contributed by atoms with Crippen molar-refractivity contribution in [2.45, 2.75) is 110 Å². The van der Waals surface area contributed by atoms with Crippen molar-refractivity contribution in [3.05, 3.63) is 208 Å². The third kappa shape index (κ3) is 6.40. The van der Waals surface area contributed by atoms with Gasteiger partial charge in [-0.15, -0.1) is 0 Å². The van der Waals surface area contributed by atoms with Crippen LogP contribution in [0.15, 0.2) is 164 Å². The van der Waals surface area contributed by atoms with Crippen LogP contribution in [-0.2, 0) is 27.1 Å². The first kappa shape index (κ1) is 42.2. The number of rotatable bonds is 5. The number of benzene rings is 8. The van der Waals surface area contributed by atoms with Gasteiger partial charge in [0.15, 0.2) is 0 Å². The standard InChI is InChI=1S/C65H63N/c1-61(2,3)44-24-29-52-50-27-22-40(35-56(50)64(9,10)58(52)37-44)42-32-43(41-23-28-51-53-30-25-45(62(4,5)6)38-59(53)65(11,12)57(51)36-41)34-48(33-42)66(46-18-14-13-15-19-46)47-26-31-54-49-20-16-17-21-55(49)63(7,8)60(54)39-47/h13-39H,1-12H3. The monoisotopic (exact) mass is 857 g/mol. The fraction of sp³-hybridized carbons (Fsp3) is 0.262. The molecule has 0 saturated carbocycles. The lowest BCUT2D eigenvalue weighted by Gasteiger charge is -2.29. The van der Waals surface area contributed by atoms with Crippen LogP contribution in [0.1, 0.15) is 128 Å². The minimum Gasteiger partial charge on any atom is -0.310 e. The predicted octanol–water partition coefficient (Wildman–Crippen LogP) is 18.0. The average Bonchev–Trinajstić information content (AvgIpc) is 3.77. The second-order valence-corrected chi connectivity index (χ2v) is 23.1. The smallest absolute Gasteiger partial charge is 0.0473 e. The van der Waals surface area contributed by atoms with Crippen LogP contribution >= 0.6 is 0 Å². The number of fused-ring (bicyclic) bond motifs is 9. The van der Waals surface area contributed by atoms with E-state index in [2.05, 4.69) is 252 Å². The first-order chi connectivity index (χ1) is 31.2. The van der Waals surface area contributed by atoms with E-state index in [0.29, 0.717) is 0 Å². The predicted molar refractivity (Wildman–Crippen MR) is 282 cm³/mol. The molecule has 1 heteroatoms. The molecule has 0 spiro atoms. The summed E-state index contributed by atoms with van der Waals surface area (Å²) in [7, 11) is 0. The Balaban J connectivity index is 1.11. The number of anilines is 3. The van der Waals surface area contributed by atoms with Crippen molar-refractivity contribution < 1.29 is 0 Å². The van der Waals surface area contributed by atoms with Crippen molar-refractivity contribution in [1.82, 2.24) is 0 Å². The highest BCUT2D eigenvalue weighted by atomic mass is 15.1. The quantitative estimate of drug-likeness (QED) is 0.167. The molecule has 0 N–H and O–H groups in total. The SMILES string of the molecule is CC(C)(C)c1ccc2c(c1)C(C)(C)c1cc(-c3cc(-c4ccc5c(c4)C(C)(C)c4cc(C(C)(C)C)ccc4-5)cc(N(c4ccccc4)c4ccc5c(c4)C(C)(C)c4ccccc4-5)c3)ccc1-2. The molecule has 3 aliphatic carbocycles. The molecule has 0 fully saturated rings. The first-order valence-electron chi connectivity index (χ1n) is 24.1. The summed E-state index contributed by atoms with van der Waals surface area (Å²) in [5, 5.41) is 0. The van der Waals surface area contributed by atoms with Gasteiger partial charge in [-0.1, -0.05) is 192 Å². The molecule has 0 bridgehead atoms. The zero-order chi connectivity index (χ0) is 46.3. The maximum Gasteiger partial charge on any atom is 0.0473 e. The van der Waals surface area contributed by atoms with Crippen molar-refractivity contribution in [2.24, 2.45) is 0 Å². The maximum atomic E-state index is 2.49. The van der Waals surface area contributed by atoms with E-state index >= 15 is 0 Å². The fourth-order valence-corrected chi connectivity index (χ4v) is 11.7. The van der Waals surface area contributed by atoms with Crippen LogP contribution in [0.5, 0.6) is 0 Å². The molecule has 8 aromatic carbocycles. The largest absolute Gasteiger partial charge is 0.310 e. The molecule has 11 rings (SSSR count). The highest BCUT2D eigenvalue weighted by molar-refractivity contribution is 5.91. The van der Waals surface area contributed by atoms with E-state index in [0.717, 1.165) is 17.1 Å². The van der Waals surface area contributed by atoms with E-state index in [-0.39, 0.29) is 27.1 Å². The summed E-state index contributed by atoms with van der Waals surface area (Å²) >= 11 is 0. The summed E-state index contributed by atoms with van der Waals surface area (Å²) < 4.78 is 0. The van der Waals surface area contributed by atoms with E-state index in [9.17, 15) is 0 Å². The lowest BCUT2D eigenvalue weighted by molar-refractivity contribution is 0.584. The van der Waals surface area contributed by atoms with Gasteiger partial charge in [0.1, 0.15) is 0 Å². The van der Waals surface area contributed by atoms with E-state index in [1.54, 1.807) is 0 Å². The van der Waals surface area contributed by atoms with Gasteiger partial charge in [-0.3, -0.25) is 0 Å². The molecule has 66 heavy (non-hydrogen) atoms. The lowest BCUT2D eigenvalue weighted by Crippen LogP contribution is -2.17. The van der Waals surface area contributed by atoms with Gasteiger partial charge in [-0.2, -0.15) is 0 Å². The van der Waals surface area contributed by atoms with Crippen molar-refractivity contribution in [3.8, 4) is 55.6 Å². The minimum atomic E-state index is -0.138. The zero-order valence-corrected chi connectivity index (χ0v) is 41.0. The van der Waals surface area contributed by atoms with Gasteiger partial charge in [-0.05, 0) is 166 Å². The Morgan fingerprint density at radius 3 is 1.18 bits per heavy atom. The van der Waals surface area contributed by atoms with Crippen LogP contribution in [0.3, 0.4) is 0 Å². The summed E-state index contributed by atoms with van der Waals surface area (Å²) in [5.74, 6) is 0. The summed E-state index contributed by atoms with van der Waals surface area (Å²) in [5.41, 5.74) is 27.3. The number of hydrogen-bond donors (Lipinski definition) is 0. The van der Waals surface area contributed by atoms with Crippen molar-refractivity contribution in [1.29, 1.82) is 0 Å². The molecule has 0 aliphatic heterocycles. The van der Waals surface area contributed by atoms with Crippen LogP contribution in [0, 0.1) is 0 Å². The molecular weight excluding hydrogens is 795 g/mol. The normalized spacial score (nSPS) is 15.6. The summed E-state index contributed by atoms with van der Waals surface area (Å²) in [6.07, 6.45) is 0. The Hall–Kier alpha value is -6.44. The molecule has 3 aliphatic rings. The van der Waals surface area contributed by atoms with Crippen LogP contribution in [0.2, 0.25) is 0 Å². The lowest BCUT2D eigenvalue weighted by atomic mass is 9.78. The van der Waals surface area contributed by atoms with Crippen LogP contribution < -0.4 is 4.90 Å². The van der Waals surface area contributed by atoms with Gasteiger partial charge in [0, 0.05) is 33.3 Å². The molecule has 0 atom stereocenters. The van der Waals surface area contributed by atoms with E-state index < -0.39 is 0 Å². The second kappa shape index (κ2) is 14.3. The Labute approximate surface area is 394 Å². The molecule has 328 valence electrons. The highest BCUT2D eigenvalue weighted by Crippen LogP contribution is 2.54. The molecule has 0 unspecified atom stereocenters. The fourth-order valence-electron chi connectivity index (χ4n) is 11.7. The van der Waals surface area contributed by atoms with E-state index in [1.807, 2.05) is 0 Å². The van der Waals surface area contributed by atoms with Crippen LogP contribution in [0.25, 0.3) is 55.6 Å². The van der Waals surface area contributed by atoms with Gasteiger partial charge in [-0.25, -0.2) is 0 Å². The molecule has 8 aromatic rings. The Kier molecular flexibility index (Phi) is 9.13. The number of para-hydroxylation sites is 1. The Morgan fingerprint density at radius 1 is 0.288 bits per heavy atom. The molecule has 1 nitrogen and oxygen atoms in total. The molecule has 0 heterocycles. The van der Waals surface area contributed by atoms with Crippen molar-refractivity contribution in [3.63, 3.8) is 0 Å². The number of nitrogens with zero attached hydrogens (tertiary/aromatic N) is 1. The van der Waals surface area contributed by atoms with Gasteiger partial charge >= 0.3 is 0 Å². The summed E-state index contributed by atoms with van der Waals surface area (Å²) in [4.78, 5) is 2.48. The van der Waals surface area contributed by atoms with Gasteiger partial charge in [0.25, 0.3) is 0 Å². The minimum absolute atomic E-state index is 0.0794. The Bertz CT molecular complexity index is 3140. The third-order valence-electron chi connectivity index (χ3n) is 15.8. The van der Waals surface area contributed by atoms with Gasteiger partial charge < -0.3 is 4.90 Å². The van der Waals surface area contributed by atoms with Crippen molar-refractivity contribution in [2.75, 3.05) is 4.90 Å². The molecule has 0 amide bonds. The van der Waals surface area contributed by atoms with Gasteiger partial charge in [0.05, 0.1) is 0 Å². The van der Waals surface area contributed by atoms with Crippen LogP contribution in [0.4, 0.5) is 17.1 Å². The van der Waals surface area contributed by atoms with E-state index in [4.69, 9.17) is 0 Å². The van der Waals surface area contributed by atoms with Crippen molar-refractivity contribution >= 4 is 17.1 Å². The molecular formula is C65H63N. The molecule has 0 saturated heterocycles. The topological polar surface area (TPSA) is 3.24 Å². The summed E-state index contributed by atoms with van der Waals surface area (Å²) in [6.45, 7) is 28.3. The zero-order valence-electron chi connectivity index (χ0n) is 41.0. The number of hydrogen-bond acceptors (Lipinski definition) is 1. The van der Waals surface area contributed by atoms with Crippen LogP contribution in [-0.4, -0.2) is 0 Å². The summed E-state index contributed by atoms with van der Waals surface area (Å²) in [6, 6.07) is 63.2. The third-order valence-corrected chi connectivity index (χ3v) is 15.8. The Morgan fingerprint density at radius 2 is 0.682 bits per heavy atom. The maximum absolute atomic E-state index is 2.49. The average molecular weight is 858 g/mol.